The highest BCUT2D eigenvalue weighted by Gasteiger charge is 2.18. The number of rotatable bonds is 8. The Hall–Kier alpha value is -2.79. The molecule has 1 amide bonds. The largest absolute Gasteiger partial charge is 0.492 e. The number of aromatic amines is 1. The quantitative estimate of drug-likeness (QED) is 0.428. The number of halogens is 1. The highest BCUT2D eigenvalue weighted by Crippen LogP contribution is 2.26. The van der Waals surface area contributed by atoms with Crippen LogP contribution in [0.2, 0.25) is 5.02 Å². The van der Waals surface area contributed by atoms with Crippen LogP contribution in [0.5, 0.6) is 5.75 Å². The molecule has 1 atom stereocenters. The van der Waals surface area contributed by atoms with Crippen LogP contribution in [-0.2, 0) is 11.8 Å². The van der Waals surface area contributed by atoms with Crippen LogP contribution in [0.25, 0.3) is 11.3 Å². The van der Waals surface area contributed by atoms with Crippen LogP contribution in [0, 0.1) is 0 Å². The molecule has 2 aromatic carbocycles. The molecule has 0 saturated heterocycles. The molecular formula is C26H32ClN3O2. The van der Waals surface area contributed by atoms with Gasteiger partial charge in [-0.15, -0.1) is 0 Å². The van der Waals surface area contributed by atoms with Gasteiger partial charge in [0, 0.05) is 17.0 Å². The molecule has 170 valence electrons. The Labute approximate surface area is 195 Å². The van der Waals surface area contributed by atoms with E-state index < -0.39 is 0 Å². The number of aromatic nitrogens is 2. The zero-order valence-corrected chi connectivity index (χ0v) is 20.2. The maximum absolute atomic E-state index is 12.6. The fourth-order valence-corrected chi connectivity index (χ4v) is 3.59. The van der Waals surface area contributed by atoms with Gasteiger partial charge in [-0.3, -0.25) is 4.79 Å². The van der Waals surface area contributed by atoms with Crippen LogP contribution in [0.4, 0.5) is 0 Å². The Balaban J connectivity index is 1.59. The molecular weight excluding hydrogens is 422 g/mol. The molecule has 6 heteroatoms. The summed E-state index contributed by atoms with van der Waals surface area (Å²) in [5.41, 5.74) is 3.76. The number of carbonyl (C=O) groups is 1. The summed E-state index contributed by atoms with van der Waals surface area (Å²) in [6, 6.07) is 13.5. The zero-order chi connectivity index (χ0) is 23.3. The minimum Gasteiger partial charge on any atom is -0.492 e. The summed E-state index contributed by atoms with van der Waals surface area (Å²) in [4.78, 5) is 20.5. The number of amides is 1. The highest BCUT2D eigenvalue weighted by atomic mass is 35.5. The summed E-state index contributed by atoms with van der Waals surface area (Å²) >= 11 is 6.26. The van der Waals surface area contributed by atoms with Gasteiger partial charge < -0.3 is 15.0 Å². The Morgan fingerprint density at radius 1 is 1.19 bits per heavy atom. The van der Waals surface area contributed by atoms with E-state index in [2.05, 4.69) is 60.3 Å². The number of imidazole rings is 1. The molecule has 0 bridgehead atoms. The monoisotopic (exact) mass is 453 g/mol. The Morgan fingerprint density at radius 2 is 1.91 bits per heavy atom. The Morgan fingerprint density at radius 3 is 2.50 bits per heavy atom. The first kappa shape index (κ1) is 23.9. The second-order valence-electron chi connectivity index (χ2n) is 9.16. The van der Waals surface area contributed by atoms with Gasteiger partial charge in [-0.1, -0.05) is 63.6 Å². The molecule has 3 rings (SSSR count). The van der Waals surface area contributed by atoms with E-state index in [1.807, 2.05) is 20.0 Å². The van der Waals surface area contributed by atoms with Crippen LogP contribution >= 0.6 is 11.6 Å². The number of nitrogens with zero attached hydrogens (tertiary/aromatic N) is 1. The van der Waals surface area contributed by atoms with E-state index in [0.29, 0.717) is 22.9 Å². The van der Waals surface area contributed by atoms with E-state index in [0.717, 1.165) is 35.5 Å². The summed E-state index contributed by atoms with van der Waals surface area (Å²) < 4.78 is 5.57. The number of benzene rings is 2. The molecule has 3 aromatic rings. The van der Waals surface area contributed by atoms with Gasteiger partial charge >= 0.3 is 0 Å². The van der Waals surface area contributed by atoms with Crippen LogP contribution in [0.15, 0.2) is 48.7 Å². The summed E-state index contributed by atoms with van der Waals surface area (Å²) in [5.74, 6) is 1.42. The van der Waals surface area contributed by atoms with Gasteiger partial charge in [0.25, 0.3) is 5.91 Å². The maximum atomic E-state index is 12.6. The van der Waals surface area contributed by atoms with E-state index >= 15 is 0 Å². The van der Waals surface area contributed by atoms with Crippen LogP contribution in [0.3, 0.4) is 0 Å². The van der Waals surface area contributed by atoms with Crippen molar-refractivity contribution in [3.63, 3.8) is 0 Å². The van der Waals surface area contributed by atoms with Crippen molar-refractivity contribution < 1.29 is 9.53 Å². The lowest BCUT2D eigenvalue weighted by Gasteiger charge is -2.15. The van der Waals surface area contributed by atoms with Crippen LogP contribution in [0.1, 0.15) is 62.8 Å². The first-order chi connectivity index (χ1) is 15.2. The minimum atomic E-state index is -0.148. The second-order valence-corrected chi connectivity index (χ2v) is 9.57. The van der Waals surface area contributed by atoms with Gasteiger partial charge in [0.05, 0.1) is 23.5 Å². The molecule has 0 aliphatic carbocycles. The summed E-state index contributed by atoms with van der Waals surface area (Å²) in [6.45, 7) is 11.0. The SMILES string of the molecule is CCCOc1ccc(C(=O)N[C@H](C)Cc2ccc(-c3cnc(C(C)(C)C)[nH]3)cc2)cc1Cl. The molecule has 0 saturated carbocycles. The lowest BCUT2D eigenvalue weighted by atomic mass is 9.96. The van der Waals surface area contributed by atoms with E-state index in [4.69, 9.17) is 16.3 Å². The van der Waals surface area contributed by atoms with Crippen molar-refractivity contribution in [3.8, 4) is 17.0 Å². The fraction of sp³-hybridized carbons (Fsp3) is 0.385. The second kappa shape index (κ2) is 10.2. The van der Waals surface area contributed by atoms with Crippen molar-refractivity contribution in [2.75, 3.05) is 6.61 Å². The normalized spacial score (nSPS) is 12.4. The van der Waals surface area contributed by atoms with Crippen molar-refractivity contribution in [2.45, 2.75) is 58.9 Å². The lowest BCUT2D eigenvalue weighted by Crippen LogP contribution is -2.34. The third-order valence-electron chi connectivity index (χ3n) is 5.13. The number of nitrogens with one attached hydrogen (secondary N) is 2. The van der Waals surface area contributed by atoms with Gasteiger partial charge in [0.15, 0.2) is 0 Å². The number of carbonyl (C=O) groups excluding carboxylic acids is 1. The minimum absolute atomic E-state index is 0.0150. The molecule has 2 N–H and O–H groups in total. The van der Waals surface area contributed by atoms with Crippen molar-refractivity contribution in [1.29, 1.82) is 0 Å². The van der Waals surface area contributed by atoms with Crippen molar-refractivity contribution in [1.82, 2.24) is 15.3 Å². The highest BCUT2D eigenvalue weighted by molar-refractivity contribution is 6.32. The third kappa shape index (κ3) is 6.13. The molecule has 0 aliphatic rings. The van der Waals surface area contributed by atoms with E-state index in [-0.39, 0.29) is 17.4 Å². The van der Waals surface area contributed by atoms with Gasteiger partial charge in [-0.2, -0.15) is 0 Å². The molecule has 1 heterocycles. The summed E-state index contributed by atoms with van der Waals surface area (Å²) in [7, 11) is 0. The predicted molar refractivity (Wildman–Crippen MR) is 131 cm³/mol. The van der Waals surface area contributed by atoms with E-state index in [9.17, 15) is 4.79 Å². The molecule has 5 nitrogen and oxygen atoms in total. The Bertz CT molecular complexity index is 1050. The van der Waals surface area contributed by atoms with Gasteiger partial charge in [0.1, 0.15) is 11.6 Å². The lowest BCUT2D eigenvalue weighted by molar-refractivity contribution is 0.0940. The topological polar surface area (TPSA) is 67.0 Å². The number of ether oxygens (including phenoxy) is 1. The first-order valence-electron chi connectivity index (χ1n) is 11.1. The molecule has 0 radical (unpaired) electrons. The maximum Gasteiger partial charge on any atom is 0.251 e. The molecule has 0 unspecified atom stereocenters. The average Bonchev–Trinajstić information content (AvgIpc) is 3.24. The Kier molecular flexibility index (Phi) is 7.62. The average molecular weight is 454 g/mol. The number of hydrogen-bond acceptors (Lipinski definition) is 3. The summed E-state index contributed by atoms with van der Waals surface area (Å²) in [5, 5.41) is 3.49. The third-order valence-corrected chi connectivity index (χ3v) is 5.42. The summed E-state index contributed by atoms with van der Waals surface area (Å²) in [6.07, 6.45) is 3.51. The standard InChI is InChI=1S/C26H32ClN3O2/c1-6-13-32-23-12-11-20(15-21(23)27)24(31)29-17(2)14-18-7-9-19(10-8-18)22-16-28-25(30-22)26(3,4)5/h7-12,15-17H,6,13-14H2,1-5H3,(H,28,30)(H,29,31)/t17-/m1/s1. The smallest absolute Gasteiger partial charge is 0.251 e. The van der Waals surface area contributed by atoms with Crippen molar-refractivity contribution in [2.24, 2.45) is 0 Å². The van der Waals surface area contributed by atoms with Gasteiger partial charge in [-0.05, 0) is 49.1 Å². The molecule has 0 fully saturated rings. The van der Waals surface area contributed by atoms with Gasteiger partial charge in [0.2, 0.25) is 0 Å². The first-order valence-corrected chi connectivity index (χ1v) is 11.4. The molecule has 0 spiro atoms. The van der Waals surface area contributed by atoms with Gasteiger partial charge in [-0.25, -0.2) is 4.98 Å². The van der Waals surface area contributed by atoms with Crippen LogP contribution in [-0.4, -0.2) is 28.5 Å². The molecule has 0 aliphatic heterocycles. The fourth-order valence-electron chi connectivity index (χ4n) is 3.35. The van der Waals surface area contributed by atoms with E-state index in [1.54, 1.807) is 18.2 Å². The van der Waals surface area contributed by atoms with Crippen molar-refractivity contribution >= 4 is 17.5 Å². The molecule has 1 aromatic heterocycles. The number of hydrogen-bond donors (Lipinski definition) is 2. The molecule has 32 heavy (non-hydrogen) atoms. The number of H-pyrrole nitrogens is 1. The predicted octanol–water partition coefficient (Wildman–Crippen LogP) is 6.18. The van der Waals surface area contributed by atoms with Crippen molar-refractivity contribution in [3.05, 3.63) is 70.6 Å². The van der Waals surface area contributed by atoms with Crippen LogP contribution < -0.4 is 10.1 Å². The zero-order valence-electron chi connectivity index (χ0n) is 19.5. The van der Waals surface area contributed by atoms with E-state index in [1.165, 1.54) is 0 Å².